The number of unbranched alkanes of at least 4 members (excludes halogenated alkanes) is 2. The molecule has 0 radical (unpaired) electrons. The Hall–Kier alpha value is -0.670. The monoisotopic (exact) mass is 247 g/mol. The van der Waals surface area contributed by atoms with Gasteiger partial charge in [0.1, 0.15) is 11.6 Å². The molecule has 0 heterocycles. The first-order chi connectivity index (χ1) is 7.57. The predicted molar refractivity (Wildman–Crippen MR) is 62.4 cm³/mol. The normalized spacial score (nSPS) is 12.8. The molecule has 4 heteroatoms. The number of hydrogen-bond acceptors (Lipinski definition) is 1. The first-order valence-corrected chi connectivity index (χ1v) is 5.84. The highest BCUT2D eigenvalue weighted by Crippen LogP contribution is 2.27. The van der Waals surface area contributed by atoms with Gasteiger partial charge in [0.15, 0.2) is 0 Å². The fourth-order valence-corrected chi connectivity index (χ4v) is 1.81. The van der Waals surface area contributed by atoms with Crippen molar-refractivity contribution in [3.05, 3.63) is 34.4 Å². The van der Waals surface area contributed by atoms with E-state index in [1.807, 2.05) is 0 Å². The summed E-state index contributed by atoms with van der Waals surface area (Å²) in [5.41, 5.74) is 5.67. The molecule has 16 heavy (non-hydrogen) atoms. The summed E-state index contributed by atoms with van der Waals surface area (Å²) in [4.78, 5) is 0. The van der Waals surface area contributed by atoms with E-state index < -0.39 is 17.7 Å². The van der Waals surface area contributed by atoms with Gasteiger partial charge < -0.3 is 5.73 Å². The highest BCUT2D eigenvalue weighted by atomic mass is 35.5. The van der Waals surface area contributed by atoms with Crippen molar-refractivity contribution in [2.45, 2.75) is 38.6 Å². The van der Waals surface area contributed by atoms with Crippen molar-refractivity contribution >= 4 is 11.6 Å². The van der Waals surface area contributed by atoms with Crippen LogP contribution in [-0.2, 0) is 0 Å². The molecule has 2 N–H and O–H groups in total. The maximum absolute atomic E-state index is 13.6. The molecule has 0 fully saturated rings. The van der Waals surface area contributed by atoms with Gasteiger partial charge in [-0.15, -0.1) is 0 Å². The van der Waals surface area contributed by atoms with Crippen molar-refractivity contribution in [1.29, 1.82) is 0 Å². The summed E-state index contributed by atoms with van der Waals surface area (Å²) >= 11 is 5.59. The lowest BCUT2D eigenvalue weighted by molar-refractivity contribution is 0.498. The van der Waals surface area contributed by atoms with E-state index in [2.05, 4.69) is 6.92 Å². The van der Waals surface area contributed by atoms with Gasteiger partial charge in [-0.25, -0.2) is 8.78 Å². The lowest BCUT2D eigenvalue weighted by atomic mass is 10.0. The Bertz CT molecular complexity index is 355. The smallest absolute Gasteiger partial charge is 0.149 e. The molecule has 0 aromatic heterocycles. The van der Waals surface area contributed by atoms with Crippen molar-refractivity contribution in [2.75, 3.05) is 0 Å². The minimum absolute atomic E-state index is 0.0812. The third kappa shape index (κ3) is 3.16. The zero-order chi connectivity index (χ0) is 12.1. The zero-order valence-corrected chi connectivity index (χ0v) is 10.0. The fraction of sp³-hybridized carbons (Fsp3) is 0.500. The van der Waals surface area contributed by atoms with Gasteiger partial charge in [-0.3, -0.25) is 0 Å². The average Bonchev–Trinajstić information content (AvgIpc) is 2.24. The van der Waals surface area contributed by atoms with Gasteiger partial charge in [0.25, 0.3) is 0 Å². The molecule has 0 saturated carbocycles. The predicted octanol–water partition coefficient (Wildman–Crippen LogP) is 4.20. The minimum Gasteiger partial charge on any atom is -0.324 e. The summed E-state index contributed by atoms with van der Waals surface area (Å²) in [6.07, 6.45) is 3.50. The second kappa shape index (κ2) is 6.16. The topological polar surface area (TPSA) is 26.0 Å². The molecule has 90 valence electrons. The Morgan fingerprint density at radius 2 is 2.00 bits per heavy atom. The zero-order valence-electron chi connectivity index (χ0n) is 9.27. The van der Waals surface area contributed by atoms with E-state index >= 15 is 0 Å². The molecule has 0 aliphatic rings. The van der Waals surface area contributed by atoms with E-state index in [0.717, 1.165) is 25.3 Å². The van der Waals surface area contributed by atoms with E-state index in [9.17, 15) is 8.78 Å². The van der Waals surface area contributed by atoms with E-state index in [4.69, 9.17) is 17.3 Å². The average molecular weight is 248 g/mol. The maximum atomic E-state index is 13.6. The largest absolute Gasteiger partial charge is 0.324 e. The molecule has 0 saturated heterocycles. The molecular formula is C12H16ClF2N. The summed E-state index contributed by atoms with van der Waals surface area (Å²) in [5.74, 6) is -1.35. The molecule has 1 aromatic rings. The van der Waals surface area contributed by atoms with Crippen molar-refractivity contribution in [3.8, 4) is 0 Å². The van der Waals surface area contributed by atoms with Gasteiger partial charge >= 0.3 is 0 Å². The van der Waals surface area contributed by atoms with Crippen molar-refractivity contribution in [3.63, 3.8) is 0 Å². The van der Waals surface area contributed by atoms with Gasteiger partial charge in [-0.1, -0.05) is 37.8 Å². The fourth-order valence-electron chi connectivity index (χ4n) is 1.64. The number of benzene rings is 1. The van der Waals surface area contributed by atoms with Crippen LogP contribution in [0.5, 0.6) is 0 Å². The van der Waals surface area contributed by atoms with Crippen LogP contribution in [-0.4, -0.2) is 0 Å². The van der Waals surface area contributed by atoms with Crippen molar-refractivity contribution in [1.82, 2.24) is 0 Å². The van der Waals surface area contributed by atoms with Crippen LogP contribution in [0.1, 0.15) is 44.2 Å². The molecule has 0 bridgehead atoms. The summed E-state index contributed by atoms with van der Waals surface area (Å²) in [5, 5.41) is -0.0812. The van der Waals surface area contributed by atoms with Gasteiger partial charge in [-0.2, -0.15) is 0 Å². The minimum atomic E-state index is -0.731. The van der Waals surface area contributed by atoms with Crippen LogP contribution in [0, 0.1) is 11.6 Å². The molecule has 0 aliphatic heterocycles. The summed E-state index contributed by atoms with van der Waals surface area (Å²) in [7, 11) is 0. The molecule has 0 spiro atoms. The molecule has 1 nitrogen and oxygen atoms in total. The molecule has 0 aliphatic carbocycles. The second-order valence-electron chi connectivity index (χ2n) is 3.86. The standard InChI is InChI=1S/C12H16ClF2N/c1-2-3-4-5-10(16)11-9(14)7-6-8(13)12(11)15/h6-7,10H,2-5,16H2,1H3/t10-/m0/s1. The van der Waals surface area contributed by atoms with Crippen LogP contribution >= 0.6 is 11.6 Å². The lowest BCUT2D eigenvalue weighted by Gasteiger charge is -2.14. The number of hydrogen-bond donors (Lipinski definition) is 1. The summed E-state index contributed by atoms with van der Waals surface area (Å²) in [6.45, 7) is 2.06. The molecule has 1 rings (SSSR count). The van der Waals surface area contributed by atoms with E-state index in [0.29, 0.717) is 6.42 Å². The molecule has 1 atom stereocenters. The van der Waals surface area contributed by atoms with Crippen LogP contribution in [0.4, 0.5) is 8.78 Å². The van der Waals surface area contributed by atoms with Crippen molar-refractivity contribution in [2.24, 2.45) is 5.73 Å². The van der Waals surface area contributed by atoms with E-state index in [1.165, 1.54) is 6.07 Å². The van der Waals surface area contributed by atoms with Crippen molar-refractivity contribution < 1.29 is 8.78 Å². The summed E-state index contributed by atoms with van der Waals surface area (Å²) in [6, 6.07) is 1.74. The first-order valence-electron chi connectivity index (χ1n) is 5.46. The maximum Gasteiger partial charge on any atom is 0.149 e. The summed E-state index contributed by atoms with van der Waals surface area (Å²) < 4.78 is 27.0. The third-order valence-corrected chi connectivity index (χ3v) is 2.86. The number of halogens is 3. The second-order valence-corrected chi connectivity index (χ2v) is 4.27. The van der Waals surface area contributed by atoms with Crippen LogP contribution in [0.2, 0.25) is 5.02 Å². The van der Waals surface area contributed by atoms with Gasteiger partial charge in [0, 0.05) is 11.6 Å². The van der Waals surface area contributed by atoms with Crippen LogP contribution in [0.3, 0.4) is 0 Å². The van der Waals surface area contributed by atoms with Gasteiger partial charge in [-0.05, 0) is 18.6 Å². The number of nitrogens with two attached hydrogens (primary N) is 1. The molecule has 1 aromatic carbocycles. The van der Waals surface area contributed by atoms with E-state index in [1.54, 1.807) is 0 Å². The Morgan fingerprint density at radius 3 is 2.62 bits per heavy atom. The van der Waals surface area contributed by atoms with Crippen LogP contribution in [0.25, 0.3) is 0 Å². The van der Waals surface area contributed by atoms with Crippen LogP contribution in [0.15, 0.2) is 12.1 Å². The van der Waals surface area contributed by atoms with E-state index in [-0.39, 0.29) is 10.6 Å². The molecule has 0 amide bonds. The Kier molecular flexibility index (Phi) is 5.16. The molecular weight excluding hydrogens is 232 g/mol. The van der Waals surface area contributed by atoms with Crippen LogP contribution < -0.4 is 5.73 Å². The Morgan fingerprint density at radius 1 is 1.31 bits per heavy atom. The third-order valence-electron chi connectivity index (χ3n) is 2.57. The number of rotatable bonds is 5. The van der Waals surface area contributed by atoms with Gasteiger partial charge in [0.2, 0.25) is 0 Å². The highest BCUT2D eigenvalue weighted by Gasteiger charge is 2.18. The molecule has 0 unspecified atom stereocenters. The highest BCUT2D eigenvalue weighted by molar-refractivity contribution is 6.30. The van der Waals surface area contributed by atoms with Gasteiger partial charge in [0.05, 0.1) is 5.02 Å². The quantitative estimate of drug-likeness (QED) is 0.613. The first kappa shape index (κ1) is 13.4. The Balaban J connectivity index is 2.81. The SMILES string of the molecule is CCCCC[C@H](N)c1c(F)ccc(Cl)c1F. The lowest BCUT2D eigenvalue weighted by Crippen LogP contribution is -2.14. The Labute approximate surface area is 99.6 Å².